The monoisotopic (exact) mass is 561 g/mol. The maximum Gasteiger partial charge on any atom is 0.415 e. The minimum atomic E-state index is -0.753. The van der Waals surface area contributed by atoms with Crippen molar-refractivity contribution < 1.29 is 19.1 Å². The summed E-state index contributed by atoms with van der Waals surface area (Å²) in [5.41, 5.74) is 1.33. The molecular formula is C30H35N5O4S. The molecule has 0 atom stereocenters. The zero-order valence-electron chi connectivity index (χ0n) is 23.6. The van der Waals surface area contributed by atoms with Crippen LogP contribution in [0, 0.1) is 11.3 Å². The topological polar surface area (TPSA) is 108 Å². The SMILES string of the molecule is C=C(C#N)CN(C(=O)OC(C)(C)C)c1c(OC)ccc2ccc(-c3csc(C(=O)NC4CCN(C)CC4)n3)cc12. The van der Waals surface area contributed by atoms with E-state index in [1.54, 1.807) is 26.8 Å². The number of likely N-dealkylation sites (tertiary alicyclic amines) is 1. The fourth-order valence-electron chi connectivity index (χ4n) is 4.58. The van der Waals surface area contributed by atoms with Crippen LogP contribution in [0.3, 0.4) is 0 Å². The number of thiazole rings is 1. The van der Waals surface area contributed by atoms with Gasteiger partial charge in [0.2, 0.25) is 0 Å². The summed E-state index contributed by atoms with van der Waals surface area (Å²) in [5.74, 6) is 0.276. The number of aromatic nitrogens is 1. The summed E-state index contributed by atoms with van der Waals surface area (Å²) in [6, 6.07) is 11.6. The molecular weight excluding hydrogens is 526 g/mol. The molecule has 1 aliphatic rings. The van der Waals surface area contributed by atoms with Crippen LogP contribution in [0.5, 0.6) is 5.75 Å². The van der Waals surface area contributed by atoms with Crippen molar-refractivity contribution in [3.63, 3.8) is 0 Å². The van der Waals surface area contributed by atoms with Crippen molar-refractivity contribution in [3.8, 4) is 23.1 Å². The Labute approximate surface area is 239 Å². The number of amides is 2. The highest BCUT2D eigenvalue weighted by Gasteiger charge is 2.28. The van der Waals surface area contributed by atoms with Gasteiger partial charge in [-0.15, -0.1) is 11.3 Å². The van der Waals surface area contributed by atoms with Gasteiger partial charge in [0.1, 0.15) is 11.4 Å². The average molecular weight is 562 g/mol. The van der Waals surface area contributed by atoms with E-state index in [2.05, 4.69) is 28.8 Å². The van der Waals surface area contributed by atoms with Crippen molar-refractivity contribution in [2.45, 2.75) is 45.3 Å². The summed E-state index contributed by atoms with van der Waals surface area (Å²) in [7, 11) is 3.61. The highest BCUT2D eigenvalue weighted by Crippen LogP contribution is 2.39. The molecule has 2 amide bonds. The Kier molecular flexibility index (Phi) is 8.76. The van der Waals surface area contributed by atoms with Gasteiger partial charge in [-0.25, -0.2) is 9.78 Å². The number of fused-ring (bicyclic) bond motifs is 1. The normalized spacial score (nSPS) is 14.4. The number of nitriles is 1. The number of anilines is 1. The summed E-state index contributed by atoms with van der Waals surface area (Å²) in [4.78, 5) is 34.6. The van der Waals surface area contributed by atoms with Crippen LogP contribution in [0.2, 0.25) is 0 Å². The maximum absolute atomic E-state index is 13.4. The third kappa shape index (κ3) is 6.79. The molecule has 2 aromatic carbocycles. The van der Waals surface area contributed by atoms with Crippen molar-refractivity contribution in [1.29, 1.82) is 5.26 Å². The number of hydrogen-bond donors (Lipinski definition) is 1. The van der Waals surface area contributed by atoms with Gasteiger partial charge in [-0.1, -0.05) is 24.8 Å². The Morgan fingerprint density at radius 1 is 1.25 bits per heavy atom. The van der Waals surface area contributed by atoms with Gasteiger partial charge in [0.25, 0.3) is 5.91 Å². The van der Waals surface area contributed by atoms with Gasteiger partial charge in [0.05, 0.1) is 31.1 Å². The van der Waals surface area contributed by atoms with Gasteiger partial charge < -0.3 is 19.7 Å². The summed E-state index contributed by atoms with van der Waals surface area (Å²) in [6.07, 6.45) is 1.21. The van der Waals surface area contributed by atoms with Crippen LogP contribution in [-0.2, 0) is 4.74 Å². The number of ether oxygens (including phenoxy) is 2. The van der Waals surface area contributed by atoms with Crippen LogP contribution < -0.4 is 15.0 Å². The second-order valence-electron chi connectivity index (χ2n) is 10.9. The first-order valence-corrected chi connectivity index (χ1v) is 14.0. The number of hydrogen-bond acceptors (Lipinski definition) is 8. The molecule has 0 saturated carbocycles. The quantitative estimate of drug-likeness (QED) is 0.373. The second kappa shape index (κ2) is 12.1. The molecule has 0 radical (unpaired) electrons. The summed E-state index contributed by atoms with van der Waals surface area (Å²) in [5, 5.41) is 16.4. The van der Waals surface area contributed by atoms with Crippen molar-refractivity contribution in [2.75, 3.05) is 38.7 Å². The van der Waals surface area contributed by atoms with E-state index >= 15 is 0 Å². The van der Waals surface area contributed by atoms with E-state index in [1.165, 1.54) is 23.3 Å². The summed E-state index contributed by atoms with van der Waals surface area (Å²) >= 11 is 1.30. The number of carbonyl (C=O) groups excluding carboxylic acids is 2. The van der Waals surface area contributed by atoms with E-state index < -0.39 is 11.7 Å². The largest absolute Gasteiger partial charge is 0.495 e. The minimum Gasteiger partial charge on any atom is -0.495 e. The van der Waals surface area contributed by atoms with Crippen LogP contribution in [0.25, 0.3) is 22.0 Å². The molecule has 210 valence electrons. The number of methoxy groups -OCH3 is 1. The van der Waals surface area contributed by atoms with E-state index in [0.717, 1.165) is 36.9 Å². The number of benzene rings is 2. The van der Waals surface area contributed by atoms with Crippen LogP contribution >= 0.6 is 11.3 Å². The van der Waals surface area contributed by atoms with E-state index in [-0.39, 0.29) is 24.1 Å². The molecule has 1 aromatic heterocycles. The fourth-order valence-corrected chi connectivity index (χ4v) is 5.30. The van der Waals surface area contributed by atoms with Crippen molar-refractivity contribution >= 4 is 39.8 Å². The van der Waals surface area contributed by atoms with Crippen molar-refractivity contribution in [1.82, 2.24) is 15.2 Å². The highest BCUT2D eigenvalue weighted by atomic mass is 32.1. The van der Waals surface area contributed by atoms with Gasteiger partial charge >= 0.3 is 6.09 Å². The zero-order valence-corrected chi connectivity index (χ0v) is 24.4. The molecule has 1 saturated heterocycles. The Morgan fingerprint density at radius 2 is 1.95 bits per heavy atom. The molecule has 0 unspecified atom stereocenters. The molecule has 40 heavy (non-hydrogen) atoms. The Morgan fingerprint density at radius 3 is 2.60 bits per heavy atom. The minimum absolute atomic E-state index is 0.0664. The van der Waals surface area contributed by atoms with E-state index in [9.17, 15) is 14.9 Å². The lowest BCUT2D eigenvalue weighted by molar-refractivity contribution is 0.0583. The number of piperidine rings is 1. The van der Waals surface area contributed by atoms with Gasteiger partial charge in [-0.2, -0.15) is 5.26 Å². The lowest BCUT2D eigenvalue weighted by Gasteiger charge is -2.29. The number of rotatable bonds is 7. The summed E-state index contributed by atoms with van der Waals surface area (Å²) < 4.78 is 11.3. The Balaban J connectivity index is 1.71. The molecule has 9 nitrogen and oxygen atoms in total. The zero-order chi connectivity index (χ0) is 29.0. The predicted molar refractivity (Wildman–Crippen MR) is 158 cm³/mol. The van der Waals surface area contributed by atoms with Crippen molar-refractivity contribution in [2.24, 2.45) is 0 Å². The van der Waals surface area contributed by atoms with Crippen LogP contribution in [-0.4, -0.2) is 67.3 Å². The first kappa shape index (κ1) is 29.1. The van der Waals surface area contributed by atoms with Crippen LogP contribution in [0.1, 0.15) is 43.4 Å². The average Bonchev–Trinajstić information content (AvgIpc) is 3.41. The molecule has 0 spiro atoms. The lowest BCUT2D eigenvalue weighted by Crippen LogP contribution is -2.43. The molecule has 1 fully saturated rings. The Hall–Kier alpha value is -3.94. The van der Waals surface area contributed by atoms with Crippen molar-refractivity contribution in [3.05, 3.63) is 52.9 Å². The van der Waals surface area contributed by atoms with Gasteiger partial charge in [0, 0.05) is 27.9 Å². The first-order valence-electron chi connectivity index (χ1n) is 13.1. The molecule has 3 aromatic rings. The number of nitrogens with zero attached hydrogens (tertiary/aromatic N) is 4. The Bertz CT molecular complexity index is 1460. The second-order valence-corrected chi connectivity index (χ2v) is 11.8. The first-order chi connectivity index (χ1) is 19.0. The standard InChI is InChI=1S/C30H35N5O4S/c1-19(16-31)17-35(29(37)39-30(2,3)4)26-23-15-21(8-7-20(23)9-10-25(26)38-6)24-18-40-28(33-24)27(36)32-22-11-13-34(5)14-12-22/h7-10,15,18,22H,1,11-14,17H2,2-6H3,(H,32,36). The lowest BCUT2D eigenvalue weighted by atomic mass is 10.0. The smallest absolute Gasteiger partial charge is 0.415 e. The number of nitrogens with one attached hydrogen (secondary N) is 1. The maximum atomic E-state index is 13.4. The molecule has 0 aliphatic carbocycles. The van der Waals surface area contributed by atoms with Crippen LogP contribution in [0.4, 0.5) is 10.5 Å². The molecule has 2 heterocycles. The van der Waals surface area contributed by atoms with E-state index in [0.29, 0.717) is 27.5 Å². The third-order valence-corrected chi connectivity index (χ3v) is 7.46. The highest BCUT2D eigenvalue weighted by molar-refractivity contribution is 7.12. The van der Waals surface area contributed by atoms with Gasteiger partial charge in [-0.3, -0.25) is 9.69 Å². The molecule has 1 N–H and O–H groups in total. The molecule has 4 rings (SSSR count). The molecule has 10 heteroatoms. The van der Waals surface area contributed by atoms with Gasteiger partial charge in [-0.05, 0) is 71.3 Å². The molecule has 0 bridgehead atoms. The van der Waals surface area contributed by atoms with Crippen LogP contribution in [0.15, 0.2) is 47.9 Å². The van der Waals surface area contributed by atoms with E-state index in [1.807, 2.05) is 35.7 Å². The van der Waals surface area contributed by atoms with Gasteiger partial charge in [0.15, 0.2) is 5.01 Å². The fraction of sp³-hybridized carbons (Fsp3) is 0.400. The summed E-state index contributed by atoms with van der Waals surface area (Å²) in [6.45, 7) is 11.0. The predicted octanol–water partition coefficient (Wildman–Crippen LogP) is 5.62. The molecule has 1 aliphatic heterocycles. The third-order valence-electron chi connectivity index (χ3n) is 6.61. The van der Waals surface area contributed by atoms with E-state index in [4.69, 9.17) is 9.47 Å². The number of carbonyl (C=O) groups is 2.